The summed E-state index contributed by atoms with van der Waals surface area (Å²) in [7, 11) is 1.45. The van der Waals surface area contributed by atoms with Crippen molar-refractivity contribution in [3.8, 4) is 5.75 Å². The van der Waals surface area contributed by atoms with Gasteiger partial charge < -0.3 is 9.84 Å². The van der Waals surface area contributed by atoms with Crippen LogP contribution in [0, 0.1) is 0 Å². The first kappa shape index (κ1) is 13.9. The highest BCUT2D eigenvalue weighted by atomic mass is 16.5. The van der Waals surface area contributed by atoms with Gasteiger partial charge in [0.15, 0.2) is 6.61 Å². The van der Waals surface area contributed by atoms with Crippen molar-refractivity contribution in [3.05, 3.63) is 24.3 Å². The van der Waals surface area contributed by atoms with Gasteiger partial charge in [0.05, 0.1) is 0 Å². The number of nitrogens with zero attached hydrogens (tertiary/aromatic N) is 2. The minimum atomic E-state index is -1.06. The largest absolute Gasteiger partial charge is 0.482 e. The molecule has 1 heterocycles. The molecule has 1 aliphatic rings. The van der Waals surface area contributed by atoms with E-state index < -0.39 is 12.6 Å². The van der Waals surface area contributed by atoms with Gasteiger partial charge in [0.25, 0.3) is 0 Å². The van der Waals surface area contributed by atoms with Crippen LogP contribution in [0.15, 0.2) is 24.3 Å². The van der Waals surface area contributed by atoms with Gasteiger partial charge in [-0.2, -0.15) is 0 Å². The lowest BCUT2D eigenvalue weighted by molar-refractivity contribution is -0.139. The number of aliphatic carboxylic acids is 1. The van der Waals surface area contributed by atoms with Crippen LogP contribution in [-0.4, -0.2) is 48.1 Å². The zero-order chi connectivity index (χ0) is 14.7. The summed E-state index contributed by atoms with van der Waals surface area (Å²) in [5, 5.41) is 8.51. The molecule has 7 nitrogen and oxygen atoms in total. The van der Waals surface area contributed by atoms with E-state index in [-0.39, 0.29) is 18.4 Å². The summed E-state index contributed by atoms with van der Waals surface area (Å²) in [6, 6.07) is 6.10. The van der Waals surface area contributed by atoms with Crippen molar-refractivity contribution in [2.75, 3.05) is 25.1 Å². The zero-order valence-electron chi connectivity index (χ0n) is 10.9. The van der Waals surface area contributed by atoms with Crippen LogP contribution in [-0.2, 0) is 9.59 Å². The highest BCUT2D eigenvalue weighted by Gasteiger charge is 2.29. The number of anilines is 1. The quantitative estimate of drug-likeness (QED) is 0.885. The Labute approximate surface area is 115 Å². The lowest BCUT2D eigenvalue weighted by Crippen LogP contribution is -2.50. The summed E-state index contributed by atoms with van der Waals surface area (Å²) in [5.41, 5.74) is 0.636. The number of hydrogen-bond acceptors (Lipinski definition) is 4. The van der Waals surface area contributed by atoms with Crippen LogP contribution < -0.4 is 9.64 Å². The average Bonchev–Trinajstić information content (AvgIpc) is 2.43. The van der Waals surface area contributed by atoms with Gasteiger partial charge in [0.2, 0.25) is 5.91 Å². The summed E-state index contributed by atoms with van der Waals surface area (Å²) >= 11 is 0. The van der Waals surface area contributed by atoms with Crippen molar-refractivity contribution in [1.82, 2.24) is 4.90 Å². The third kappa shape index (κ3) is 2.87. The van der Waals surface area contributed by atoms with Crippen LogP contribution >= 0.6 is 0 Å². The van der Waals surface area contributed by atoms with Crippen LogP contribution in [0.2, 0.25) is 0 Å². The molecule has 1 aromatic rings. The van der Waals surface area contributed by atoms with E-state index in [0.717, 1.165) is 4.90 Å². The first-order chi connectivity index (χ1) is 9.49. The maximum atomic E-state index is 12.0. The molecule has 1 N–H and O–H groups in total. The molecule has 106 valence electrons. The Hall–Kier alpha value is -2.57. The number of carboxylic acids is 1. The molecule has 20 heavy (non-hydrogen) atoms. The summed E-state index contributed by atoms with van der Waals surface area (Å²) < 4.78 is 5.01. The van der Waals surface area contributed by atoms with Gasteiger partial charge in [-0.1, -0.05) is 0 Å². The molecule has 0 saturated carbocycles. The number of carboxylic acid groups (broad SMARTS) is 1. The summed E-state index contributed by atoms with van der Waals surface area (Å²) in [5.74, 6) is -0.849. The second kappa shape index (κ2) is 5.60. The Balaban J connectivity index is 2.08. The highest BCUT2D eigenvalue weighted by Crippen LogP contribution is 2.23. The zero-order valence-corrected chi connectivity index (χ0v) is 10.9. The van der Waals surface area contributed by atoms with Gasteiger partial charge in [-0.15, -0.1) is 0 Å². The van der Waals surface area contributed by atoms with Crippen molar-refractivity contribution >= 4 is 23.6 Å². The molecule has 2 rings (SSSR count). The van der Waals surface area contributed by atoms with Gasteiger partial charge in [-0.25, -0.2) is 9.59 Å². The predicted molar refractivity (Wildman–Crippen MR) is 69.7 cm³/mol. The highest BCUT2D eigenvalue weighted by molar-refractivity contribution is 6.05. The molecule has 0 aromatic heterocycles. The minimum absolute atomic E-state index is 0.201. The third-order valence-electron chi connectivity index (χ3n) is 2.95. The van der Waals surface area contributed by atoms with Gasteiger partial charge in [-0.05, 0) is 24.3 Å². The molecule has 0 radical (unpaired) electrons. The van der Waals surface area contributed by atoms with E-state index in [1.807, 2.05) is 0 Å². The second-order valence-corrected chi connectivity index (χ2v) is 4.31. The third-order valence-corrected chi connectivity index (χ3v) is 2.95. The number of hydrogen-bond donors (Lipinski definition) is 1. The molecule has 0 aliphatic carbocycles. The molecule has 3 amide bonds. The van der Waals surface area contributed by atoms with E-state index in [9.17, 15) is 14.4 Å². The van der Waals surface area contributed by atoms with Gasteiger partial charge in [0.1, 0.15) is 5.75 Å². The normalized spacial score (nSPS) is 15.4. The van der Waals surface area contributed by atoms with Crippen molar-refractivity contribution in [2.45, 2.75) is 6.42 Å². The number of urea groups is 1. The monoisotopic (exact) mass is 278 g/mol. The van der Waals surface area contributed by atoms with Crippen LogP contribution in [0.4, 0.5) is 10.5 Å². The number of rotatable bonds is 4. The van der Waals surface area contributed by atoms with Gasteiger partial charge >= 0.3 is 12.0 Å². The van der Waals surface area contributed by atoms with Crippen LogP contribution in [0.3, 0.4) is 0 Å². The second-order valence-electron chi connectivity index (χ2n) is 4.31. The van der Waals surface area contributed by atoms with Crippen molar-refractivity contribution in [2.24, 2.45) is 0 Å². The maximum Gasteiger partial charge on any atom is 0.341 e. The molecular formula is C13H14N2O5. The van der Waals surface area contributed by atoms with Crippen molar-refractivity contribution < 1.29 is 24.2 Å². The molecule has 1 aliphatic heterocycles. The number of imide groups is 1. The Bertz CT molecular complexity index is 540. The van der Waals surface area contributed by atoms with E-state index in [4.69, 9.17) is 9.84 Å². The van der Waals surface area contributed by atoms with E-state index >= 15 is 0 Å². The molecule has 0 atom stereocenters. The number of benzene rings is 1. The molecule has 7 heteroatoms. The van der Waals surface area contributed by atoms with E-state index in [0.29, 0.717) is 18.0 Å². The molecular weight excluding hydrogens is 264 g/mol. The SMILES string of the molecule is CN1C(=O)CCN(c2ccc(OCC(=O)O)cc2)C1=O. The fourth-order valence-electron chi connectivity index (χ4n) is 1.87. The summed E-state index contributed by atoms with van der Waals surface area (Å²) in [6.45, 7) is -0.0867. The standard InChI is InChI=1S/C13H14N2O5/c1-14-11(16)6-7-15(13(14)19)9-2-4-10(5-3-9)20-8-12(17)18/h2-5H,6-8H2,1H3,(H,17,18). The lowest BCUT2D eigenvalue weighted by Gasteiger charge is -2.31. The fraction of sp³-hybridized carbons (Fsp3) is 0.308. The first-order valence-corrected chi connectivity index (χ1v) is 6.02. The van der Waals surface area contributed by atoms with Crippen molar-refractivity contribution in [1.29, 1.82) is 0 Å². The molecule has 1 aromatic carbocycles. The topological polar surface area (TPSA) is 87.2 Å². The Kier molecular flexibility index (Phi) is 3.88. The van der Waals surface area contributed by atoms with Gasteiger partial charge in [0, 0.05) is 25.7 Å². The first-order valence-electron chi connectivity index (χ1n) is 6.02. The average molecular weight is 278 g/mol. The van der Waals surface area contributed by atoms with Crippen LogP contribution in [0.25, 0.3) is 0 Å². The van der Waals surface area contributed by atoms with Crippen LogP contribution in [0.1, 0.15) is 6.42 Å². The maximum absolute atomic E-state index is 12.0. The Morgan fingerprint density at radius 1 is 1.30 bits per heavy atom. The number of carbonyl (C=O) groups is 3. The number of amides is 3. The molecule has 0 unspecified atom stereocenters. The van der Waals surface area contributed by atoms with E-state index in [2.05, 4.69) is 0 Å². The summed E-state index contributed by atoms with van der Waals surface area (Å²) in [4.78, 5) is 36.3. The Morgan fingerprint density at radius 3 is 2.55 bits per heavy atom. The van der Waals surface area contributed by atoms with Gasteiger partial charge in [-0.3, -0.25) is 14.6 Å². The minimum Gasteiger partial charge on any atom is -0.482 e. The molecule has 1 saturated heterocycles. The van der Waals surface area contributed by atoms with Crippen LogP contribution in [0.5, 0.6) is 5.75 Å². The fourth-order valence-corrected chi connectivity index (χ4v) is 1.87. The predicted octanol–water partition coefficient (Wildman–Crippen LogP) is 0.939. The van der Waals surface area contributed by atoms with E-state index in [1.165, 1.54) is 11.9 Å². The lowest BCUT2D eigenvalue weighted by atomic mass is 10.2. The molecule has 1 fully saturated rings. The molecule has 0 bridgehead atoms. The Morgan fingerprint density at radius 2 is 1.95 bits per heavy atom. The van der Waals surface area contributed by atoms with Crippen molar-refractivity contribution in [3.63, 3.8) is 0 Å². The summed E-state index contributed by atoms with van der Waals surface area (Å²) in [6.07, 6.45) is 0.277. The smallest absolute Gasteiger partial charge is 0.341 e. The number of ether oxygens (including phenoxy) is 1. The number of carbonyl (C=O) groups excluding carboxylic acids is 2. The molecule has 0 spiro atoms. The van der Waals surface area contributed by atoms with E-state index in [1.54, 1.807) is 24.3 Å².